The second kappa shape index (κ2) is 5.61. The zero-order valence-electron chi connectivity index (χ0n) is 10.2. The lowest BCUT2D eigenvalue weighted by Crippen LogP contribution is -2.17. The molecule has 1 N–H and O–H groups in total. The maximum atomic E-state index is 12.4. The fourth-order valence-electron chi connectivity index (χ4n) is 1.64. The summed E-state index contributed by atoms with van der Waals surface area (Å²) in [5, 5.41) is 8.86. The Bertz CT molecular complexity index is 689. The molecule has 0 aliphatic rings. The van der Waals surface area contributed by atoms with Crippen LogP contribution in [0.1, 0.15) is 10.4 Å². The van der Waals surface area contributed by atoms with Crippen molar-refractivity contribution in [3.63, 3.8) is 0 Å². The first-order chi connectivity index (χ1) is 9.78. The van der Waals surface area contributed by atoms with E-state index >= 15 is 0 Å². The quantitative estimate of drug-likeness (QED) is 0.929. The molecule has 0 fully saturated rings. The molecule has 0 aliphatic carbocycles. The number of rotatable bonds is 3. The third-order valence-electron chi connectivity index (χ3n) is 2.47. The van der Waals surface area contributed by atoms with Gasteiger partial charge in [-0.15, -0.1) is 13.2 Å². The predicted octanol–water partition coefficient (Wildman–Crippen LogP) is 4.00. The Labute approximate surface area is 121 Å². The standard InChI is InChI=1S/C13H7ClF3NO3/c14-9-6-18-10(5-8(9)12(19)20)7-3-1-2-4-11(7)21-13(15,16)17/h1-6H,(H,19,20). The maximum Gasteiger partial charge on any atom is 0.573 e. The van der Waals surface area contributed by atoms with E-state index < -0.39 is 18.1 Å². The number of carbonyl (C=O) groups is 1. The van der Waals surface area contributed by atoms with Crippen LogP contribution in [0.3, 0.4) is 0 Å². The van der Waals surface area contributed by atoms with Crippen molar-refractivity contribution in [3.8, 4) is 17.0 Å². The van der Waals surface area contributed by atoms with Gasteiger partial charge in [0.2, 0.25) is 0 Å². The lowest BCUT2D eigenvalue weighted by Gasteiger charge is -2.13. The molecule has 8 heteroatoms. The van der Waals surface area contributed by atoms with Crippen molar-refractivity contribution >= 4 is 17.6 Å². The van der Waals surface area contributed by atoms with Gasteiger partial charge in [-0.1, -0.05) is 23.7 Å². The summed E-state index contributed by atoms with van der Waals surface area (Å²) in [6.45, 7) is 0. The van der Waals surface area contributed by atoms with Crippen LogP contribution in [0.5, 0.6) is 5.75 Å². The molecule has 2 rings (SSSR count). The van der Waals surface area contributed by atoms with E-state index in [0.717, 1.165) is 18.3 Å². The van der Waals surface area contributed by atoms with E-state index in [1.54, 1.807) is 0 Å². The molecule has 0 atom stereocenters. The zero-order chi connectivity index (χ0) is 15.6. The van der Waals surface area contributed by atoms with Crippen LogP contribution in [0.25, 0.3) is 11.3 Å². The van der Waals surface area contributed by atoms with Gasteiger partial charge in [-0.05, 0) is 18.2 Å². The van der Waals surface area contributed by atoms with Gasteiger partial charge in [0.05, 0.1) is 16.3 Å². The van der Waals surface area contributed by atoms with Crippen LogP contribution < -0.4 is 4.74 Å². The third-order valence-corrected chi connectivity index (χ3v) is 2.78. The summed E-state index contributed by atoms with van der Waals surface area (Å²) in [4.78, 5) is 14.8. The summed E-state index contributed by atoms with van der Waals surface area (Å²) >= 11 is 5.67. The number of nitrogens with zero attached hydrogens (tertiary/aromatic N) is 1. The average molecular weight is 318 g/mol. The number of carboxylic acids is 1. The Morgan fingerprint density at radius 3 is 2.57 bits per heavy atom. The molecule has 1 aromatic heterocycles. The molecule has 0 amide bonds. The number of hydrogen-bond acceptors (Lipinski definition) is 3. The molecule has 1 heterocycles. The third kappa shape index (κ3) is 3.63. The van der Waals surface area contributed by atoms with Crippen molar-refractivity contribution < 1.29 is 27.8 Å². The minimum Gasteiger partial charge on any atom is -0.478 e. The van der Waals surface area contributed by atoms with Gasteiger partial charge in [-0.2, -0.15) is 0 Å². The minimum atomic E-state index is -4.86. The molecule has 2 aromatic rings. The van der Waals surface area contributed by atoms with Gasteiger partial charge in [0.1, 0.15) is 5.75 Å². The predicted molar refractivity (Wildman–Crippen MR) is 68.3 cm³/mol. The Morgan fingerprint density at radius 1 is 1.29 bits per heavy atom. The smallest absolute Gasteiger partial charge is 0.478 e. The number of benzene rings is 1. The number of aromatic carboxylic acids is 1. The van der Waals surface area contributed by atoms with Crippen LogP contribution >= 0.6 is 11.6 Å². The van der Waals surface area contributed by atoms with Crippen LogP contribution in [-0.2, 0) is 0 Å². The van der Waals surface area contributed by atoms with Crippen molar-refractivity contribution in [2.24, 2.45) is 0 Å². The topological polar surface area (TPSA) is 59.4 Å². The first-order valence-electron chi connectivity index (χ1n) is 5.52. The second-order valence-corrected chi connectivity index (χ2v) is 4.31. The first kappa shape index (κ1) is 15.1. The molecule has 0 saturated heterocycles. The minimum absolute atomic E-state index is 0.00833. The highest BCUT2D eigenvalue weighted by molar-refractivity contribution is 6.33. The van der Waals surface area contributed by atoms with E-state index in [-0.39, 0.29) is 21.8 Å². The molecular formula is C13H7ClF3NO3. The van der Waals surface area contributed by atoms with Gasteiger partial charge < -0.3 is 9.84 Å². The number of ether oxygens (including phenoxy) is 1. The van der Waals surface area contributed by atoms with Crippen molar-refractivity contribution in [1.82, 2.24) is 4.98 Å². The normalized spacial score (nSPS) is 11.2. The van der Waals surface area contributed by atoms with Gasteiger partial charge >= 0.3 is 12.3 Å². The summed E-state index contributed by atoms with van der Waals surface area (Å²) in [5.74, 6) is -1.78. The lowest BCUT2D eigenvalue weighted by atomic mass is 10.1. The number of aromatic nitrogens is 1. The highest BCUT2D eigenvalue weighted by Gasteiger charge is 2.32. The summed E-state index contributed by atoms with van der Waals surface area (Å²) in [6, 6.07) is 6.37. The van der Waals surface area contributed by atoms with E-state index in [0.29, 0.717) is 0 Å². The SMILES string of the molecule is O=C(O)c1cc(-c2ccccc2OC(F)(F)F)ncc1Cl. The maximum absolute atomic E-state index is 12.4. The Morgan fingerprint density at radius 2 is 1.95 bits per heavy atom. The molecular weight excluding hydrogens is 311 g/mol. The van der Waals surface area contributed by atoms with Gasteiger partial charge in [0.15, 0.2) is 0 Å². The zero-order valence-corrected chi connectivity index (χ0v) is 10.9. The number of carboxylic acid groups (broad SMARTS) is 1. The van der Waals surface area contributed by atoms with Crippen molar-refractivity contribution in [2.75, 3.05) is 0 Å². The first-order valence-corrected chi connectivity index (χ1v) is 5.90. The summed E-state index contributed by atoms with van der Waals surface area (Å²) in [6.07, 6.45) is -3.80. The number of pyridine rings is 1. The molecule has 110 valence electrons. The second-order valence-electron chi connectivity index (χ2n) is 3.90. The Hall–Kier alpha value is -2.28. The van der Waals surface area contributed by atoms with Crippen molar-refractivity contribution in [3.05, 3.63) is 47.1 Å². The molecule has 1 aromatic carbocycles. The lowest BCUT2D eigenvalue weighted by molar-refractivity contribution is -0.274. The van der Waals surface area contributed by atoms with Crippen LogP contribution in [-0.4, -0.2) is 22.4 Å². The summed E-state index contributed by atoms with van der Waals surface area (Å²) in [5.41, 5.74) is -0.242. The molecule has 0 spiro atoms. The van der Waals surface area contributed by atoms with Crippen LogP contribution in [0.2, 0.25) is 5.02 Å². The van der Waals surface area contributed by atoms with E-state index in [9.17, 15) is 18.0 Å². The molecule has 0 radical (unpaired) electrons. The van der Waals surface area contributed by atoms with Gasteiger partial charge in [-0.3, -0.25) is 4.98 Å². The average Bonchev–Trinajstić information content (AvgIpc) is 2.38. The monoisotopic (exact) mass is 317 g/mol. The van der Waals surface area contributed by atoms with Crippen LogP contribution in [0, 0.1) is 0 Å². The van der Waals surface area contributed by atoms with Crippen LogP contribution in [0.4, 0.5) is 13.2 Å². The molecule has 0 unspecified atom stereocenters. The van der Waals surface area contributed by atoms with Gasteiger partial charge in [-0.25, -0.2) is 4.79 Å². The van der Waals surface area contributed by atoms with Crippen molar-refractivity contribution in [2.45, 2.75) is 6.36 Å². The fourth-order valence-corrected chi connectivity index (χ4v) is 1.83. The molecule has 0 bridgehead atoms. The number of hydrogen-bond donors (Lipinski definition) is 1. The van der Waals surface area contributed by atoms with Gasteiger partial charge in [0, 0.05) is 11.8 Å². The Balaban J connectivity index is 2.52. The van der Waals surface area contributed by atoms with E-state index in [4.69, 9.17) is 16.7 Å². The van der Waals surface area contributed by atoms with Gasteiger partial charge in [0.25, 0.3) is 0 Å². The van der Waals surface area contributed by atoms with Crippen molar-refractivity contribution in [1.29, 1.82) is 0 Å². The number of halogens is 4. The highest BCUT2D eigenvalue weighted by atomic mass is 35.5. The number of alkyl halides is 3. The van der Waals surface area contributed by atoms with Crippen LogP contribution in [0.15, 0.2) is 36.5 Å². The fraction of sp³-hybridized carbons (Fsp3) is 0.0769. The van der Waals surface area contributed by atoms with E-state index in [1.807, 2.05) is 0 Å². The highest BCUT2D eigenvalue weighted by Crippen LogP contribution is 2.33. The van der Waals surface area contributed by atoms with E-state index in [1.165, 1.54) is 18.2 Å². The number of para-hydroxylation sites is 1. The van der Waals surface area contributed by atoms with E-state index in [2.05, 4.69) is 9.72 Å². The summed E-state index contributed by atoms with van der Waals surface area (Å²) < 4.78 is 40.9. The Kier molecular flexibility index (Phi) is 4.04. The molecule has 21 heavy (non-hydrogen) atoms. The molecule has 0 aliphatic heterocycles. The largest absolute Gasteiger partial charge is 0.573 e. The summed E-state index contributed by atoms with van der Waals surface area (Å²) in [7, 11) is 0. The molecule has 0 saturated carbocycles. The molecule has 4 nitrogen and oxygen atoms in total.